The third-order valence-corrected chi connectivity index (χ3v) is 4.38. The highest BCUT2D eigenvalue weighted by molar-refractivity contribution is 7.98. The number of halogens is 1. The molecule has 0 saturated carbocycles. The van der Waals surface area contributed by atoms with E-state index in [4.69, 9.17) is 22.6 Å². The largest absolute Gasteiger partial charge is 0.382 e. The van der Waals surface area contributed by atoms with E-state index in [9.17, 15) is 0 Å². The Labute approximate surface area is 130 Å². The molecule has 4 nitrogen and oxygen atoms in total. The Kier molecular flexibility index (Phi) is 5.12. The summed E-state index contributed by atoms with van der Waals surface area (Å²) in [6, 6.07) is 9.59. The van der Waals surface area contributed by atoms with Gasteiger partial charge in [-0.2, -0.15) is 5.26 Å². The number of nitrogen functional groups attached to an aromatic ring is 1. The van der Waals surface area contributed by atoms with Crippen molar-refractivity contribution in [3.63, 3.8) is 0 Å². The lowest BCUT2D eigenvalue weighted by atomic mass is 10.3. The van der Waals surface area contributed by atoms with Gasteiger partial charge in [-0.05, 0) is 30.5 Å². The van der Waals surface area contributed by atoms with Crippen LogP contribution >= 0.6 is 35.1 Å². The standard InChI is InChI=1S/C13H11ClN4S2/c1-19-13-10(6-15)12(16)17-11(18-13)7-20-9-4-2-8(14)3-5-9/h2-5H,7H2,1H3,(H2,16,17,18). The lowest BCUT2D eigenvalue weighted by Gasteiger charge is -2.06. The molecular formula is C13H11ClN4S2. The van der Waals surface area contributed by atoms with Gasteiger partial charge in [-0.1, -0.05) is 11.6 Å². The summed E-state index contributed by atoms with van der Waals surface area (Å²) in [5, 5.41) is 10.3. The van der Waals surface area contributed by atoms with Crippen LogP contribution in [0.5, 0.6) is 0 Å². The summed E-state index contributed by atoms with van der Waals surface area (Å²) in [7, 11) is 0. The molecule has 0 unspecified atom stereocenters. The van der Waals surface area contributed by atoms with E-state index in [-0.39, 0.29) is 5.82 Å². The maximum atomic E-state index is 9.01. The van der Waals surface area contributed by atoms with Crippen LogP contribution in [0.2, 0.25) is 5.02 Å². The number of nitriles is 1. The molecular weight excluding hydrogens is 312 g/mol. The second-order valence-corrected chi connectivity index (χ2v) is 6.04. The summed E-state index contributed by atoms with van der Waals surface area (Å²) in [6.07, 6.45) is 1.86. The summed E-state index contributed by atoms with van der Waals surface area (Å²) in [5.74, 6) is 1.44. The lowest BCUT2D eigenvalue weighted by Crippen LogP contribution is -2.04. The Morgan fingerprint density at radius 3 is 2.60 bits per heavy atom. The van der Waals surface area contributed by atoms with Crippen LogP contribution in [-0.4, -0.2) is 16.2 Å². The van der Waals surface area contributed by atoms with Gasteiger partial charge >= 0.3 is 0 Å². The van der Waals surface area contributed by atoms with Gasteiger partial charge in [-0.3, -0.25) is 0 Å². The van der Waals surface area contributed by atoms with Crippen LogP contribution in [0.25, 0.3) is 0 Å². The van der Waals surface area contributed by atoms with Crippen LogP contribution in [0.1, 0.15) is 11.4 Å². The summed E-state index contributed by atoms with van der Waals surface area (Å²) < 4.78 is 0. The molecule has 20 heavy (non-hydrogen) atoms. The van der Waals surface area contributed by atoms with Crippen molar-refractivity contribution in [1.82, 2.24) is 9.97 Å². The third kappa shape index (κ3) is 3.57. The number of rotatable bonds is 4. The van der Waals surface area contributed by atoms with Crippen molar-refractivity contribution in [3.05, 3.63) is 40.7 Å². The molecule has 0 amide bonds. The first-order valence-electron chi connectivity index (χ1n) is 5.63. The van der Waals surface area contributed by atoms with Gasteiger partial charge in [0.15, 0.2) is 0 Å². The zero-order valence-corrected chi connectivity index (χ0v) is 13.0. The fraction of sp³-hybridized carbons (Fsp3) is 0.154. The van der Waals surface area contributed by atoms with Crippen molar-refractivity contribution in [1.29, 1.82) is 5.26 Å². The van der Waals surface area contributed by atoms with Crippen molar-refractivity contribution >= 4 is 40.9 Å². The second-order valence-electron chi connectivity index (χ2n) is 3.76. The van der Waals surface area contributed by atoms with Crippen molar-refractivity contribution in [2.75, 3.05) is 12.0 Å². The van der Waals surface area contributed by atoms with E-state index in [2.05, 4.69) is 9.97 Å². The molecule has 7 heteroatoms. The van der Waals surface area contributed by atoms with Crippen LogP contribution in [-0.2, 0) is 5.75 Å². The van der Waals surface area contributed by atoms with Gasteiger partial charge < -0.3 is 5.73 Å². The highest BCUT2D eigenvalue weighted by Crippen LogP contribution is 2.26. The topological polar surface area (TPSA) is 75.6 Å². The summed E-state index contributed by atoms with van der Waals surface area (Å²) in [6.45, 7) is 0. The molecule has 1 aromatic carbocycles. The number of aromatic nitrogens is 2. The van der Waals surface area contributed by atoms with Gasteiger partial charge in [0.1, 0.15) is 28.3 Å². The second kappa shape index (κ2) is 6.84. The highest BCUT2D eigenvalue weighted by Gasteiger charge is 2.11. The summed E-state index contributed by atoms with van der Waals surface area (Å²) in [4.78, 5) is 9.60. The van der Waals surface area contributed by atoms with Gasteiger partial charge in [-0.15, -0.1) is 23.5 Å². The molecule has 2 N–H and O–H groups in total. The molecule has 0 aliphatic carbocycles. The smallest absolute Gasteiger partial charge is 0.146 e. The molecule has 1 aromatic heterocycles. The molecule has 0 aliphatic heterocycles. The monoisotopic (exact) mass is 322 g/mol. The number of nitrogens with zero attached hydrogens (tertiary/aromatic N) is 3. The molecule has 0 bridgehead atoms. The number of thioether (sulfide) groups is 2. The minimum atomic E-state index is 0.235. The average molecular weight is 323 g/mol. The van der Waals surface area contributed by atoms with Crippen LogP contribution in [0.4, 0.5) is 5.82 Å². The SMILES string of the molecule is CSc1nc(CSc2ccc(Cl)cc2)nc(N)c1C#N. The van der Waals surface area contributed by atoms with Crippen molar-refractivity contribution < 1.29 is 0 Å². The molecule has 1 heterocycles. The first-order valence-corrected chi connectivity index (χ1v) is 8.21. The first-order chi connectivity index (χ1) is 9.63. The minimum Gasteiger partial charge on any atom is -0.382 e. The number of nitrogens with two attached hydrogens (primary N) is 1. The average Bonchev–Trinajstić information content (AvgIpc) is 2.46. The number of benzene rings is 1. The highest BCUT2D eigenvalue weighted by atomic mass is 35.5. The van der Waals surface area contributed by atoms with Gasteiger partial charge in [-0.25, -0.2) is 9.97 Å². The van der Waals surface area contributed by atoms with E-state index in [1.54, 1.807) is 11.8 Å². The number of hydrogen-bond acceptors (Lipinski definition) is 6. The lowest BCUT2D eigenvalue weighted by molar-refractivity contribution is 0.952. The molecule has 2 aromatic rings. The number of anilines is 1. The maximum absolute atomic E-state index is 9.01. The Hall–Kier alpha value is -1.42. The van der Waals surface area contributed by atoms with E-state index < -0.39 is 0 Å². The van der Waals surface area contributed by atoms with Crippen LogP contribution in [0.15, 0.2) is 34.2 Å². The fourth-order valence-electron chi connectivity index (χ4n) is 1.50. The normalized spacial score (nSPS) is 10.2. The van der Waals surface area contributed by atoms with E-state index in [0.29, 0.717) is 27.2 Å². The van der Waals surface area contributed by atoms with Gasteiger partial charge in [0.05, 0.1) is 5.75 Å². The van der Waals surface area contributed by atoms with E-state index in [1.807, 2.05) is 36.6 Å². The summed E-state index contributed by atoms with van der Waals surface area (Å²) >= 11 is 8.82. The predicted octanol–water partition coefficient (Wildman–Crippen LogP) is 3.60. The molecule has 2 rings (SSSR count). The van der Waals surface area contributed by atoms with Gasteiger partial charge in [0, 0.05) is 9.92 Å². The quantitative estimate of drug-likeness (QED) is 0.684. The Bertz CT molecular complexity index is 653. The van der Waals surface area contributed by atoms with Crippen LogP contribution < -0.4 is 5.73 Å². The minimum absolute atomic E-state index is 0.235. The molecule has 0 aliphatic rings. The van der Waals surface area contributed by atoms with E-state index in [1.165, 1.54) is 11.8 Å². The zero-order chi connectivity index (χ0) is 14.5. The predicted molar refractivity (Wildman–Crippen MR) is 84.0 cm³/mol. The molecule has 0 fully saturated rings. The van der Waals surface area contributed by atoms with Crippen molar-refractivity contribution in [2.45, 2.75) is 15.7 Å². The Morgan fingerprint density at radius 1 is 1.30 bits per heavy atom. The zero-order valence-electron chi connectivity index (χ0n) is 10.6. The maximum Gasteiger partial charge on any atom is 0.146 e. The molecule has 0 radical (unpaired) electrons. The Morgan fingerprint density at radius 2 is 2.00 bits per heavy atom. The van der Waals surface area contributed by atoms with Crippen molar-refractivity contribution in [2.24, 2.45) is 0 Å². The van der Waals surface area contributed by atoms with Gasteiger partial charge in [0.2, 0.25) is 0 Å². The fourth-order valence-corrected chi connectivity index (χ4v) is 2.93. The molecule has 0 spiro atoms. The van der Waals surface area contributed by atoms with E-state index >= 15 is 0 Å². The Balaban J connectivity index is 2.16. The molecule has 102 valence electrons. The van der Waals surface area contributed by atoms with Crippen LogP contribution in [0, 0.1) is 11.3 Å². The third-order valence-electron chi connectivity index (χ3n) is 2.44. The summed E-state index contributed by atoms with van der Waals surface area (Å²) in [5.41, 5.74) is 6.13. The molecule has 0 saturated heterocycles. The number of hydrogen-bond donors (Lipinski definition) is 1. The van der Waals surface area contributed by atoms with Crippen LogP contribution in [0.3, 0.4) is 0 Å². The van der Waals surface area contributed by atoms with Crippen molar-refractivity contribution in [3.8, 4) is 6.07 Å². The molecule has 0 atom stereocenters. The van der Waals surface area contributed by atoms with Gasteiger partial charge in [0.25, 0.3) is 0 Å². The first kappa shape index (κ1) is 15.0. The van der Waals surface area contributed by atoms with E-state index in [0.717, 1.165) is 4.90 Å².